The van der Waals surface area contributed by atoms with Crippen molar-refractivity contribution in [2.45, 2.75) is 23.5 Å². The summed E-state index contributed by atoms with van der Waals surface area (Å²) in [6.45, 7) is 4.30. The summed E-state index contributed by atoms with van der Waals surface area (Å²) in [4.78, 5) is 23.7. The van der Waals surface area contributed by atoms with Gasteiger partial charge in [-0.1, -0.05) is 37.9 Å². The Morgan fingerprint density at radius 2 is 1.40 bits per heavy atom. The Labute approximate surface area is 135 Å². The van der Waals surface area contributed by atoms with Crippen molar-refractivity contribution in [1.29, 1.82) is 0 Å². The highest BCUT2D eigenvalue weighted by Gasteiger charge is 2.13. The minimum atomic E-state index is -0.459. The largest absolute Gasteiger partial charge is 0.461 e. The summed E-state index contributed by atoms with van der Waals surface area (Å²) in [6, 6.07) is 6.31. The molecule has 0 saturated heterocycles. The number of esters is 2. The van der Waals surface area contributed by atoms with Gasteiger partial charge in [-0.05, 0) is 32.0 Å². The van der Waals surface area contributed by atoms with Crippen molar-refractivity contribution in [2.75, 3.05) is 13.2 Å². The molecule has 0 aliphatic heterocycles. The third-order valence-electron chi connectivity index (χ3n) is 2.22. The van der Waals surface area contributed by atoms with Crippen molar-refractivity contribution in [3.05, 3.63) is 35.4 Å². The van der Waals surface area contributed by atoms with Crippen molar-refractivity contribution in [3.63, 3.8) is 0 Å². The van der Waals surface area contributed by atoms with Crippen LogP contribution in [0.4, 0.5) is 0 Å². The fourth-order valence-corrected chi connectivity index (χ4v) is 1.59. The van der Waals surface area contributed by atoms with Gasteiger partial charge in [0.05, 0.1) is 11.1 Å². The lowest BCUT2D eigenvalue weighted by Crippen LogP contribution is -2.14. The number of hydrogen-bond donors (Lipinski definition) is 0. The van der Waals surface area contributed by atoms with Gasteiger partial charge in [-0.3, -0.25) is 0 Å². The lowest BCUT2D eigenvalue weighted by Gasteiger charge is -2.08. The monoisotopic (exact) mass is 406 g/mol. The van der Waals surface area contributed by atoms with E-state index in [-0.39, 0.29) is 22.9 Å². The molecule has 0 fully saturated rings. The quantitative estimate of drug-likeness (QED) is 0.534. The van der Waals surface area contributed by atoms with Crippen LogP contribution in [0, 0.1) is 0 Å². The molecule has 0 aromatic heterocycles. The summed E-state index contributed by atoms with van der Waals surface area (Å²) in [6.07, 6.45) is 0. The number of halogens is 2. The van der Waals surface area contributed by atoms with Crippen LogP contribution in [0.25, 0.3) is 0 Å². The molecular formula is C14H16Br2O4. The zero-order chi connectivity index (χ0) is 15.1. The van der Waals surface area contributed by atoms with Crippen LogP contribution in [0.3, 0.4) is 0 Å². The molecule has 1 aromatic carbocycles. The van der Waals surface area contributed by atoms with Gasteiger partial charge in [0.25, 0.3) is 0 Å². The zero-order valence-electron chi connectivity index (χ0n) is 11.3. The van der Waals surface area contributed by atoms with E-state index in [0.29, 0.717) is 11.1 Å². The number of carbonyl (C=O) groups is 2. The molecule has 0 aliphatic rings. The molecule has 0 spiro atoms. The van der Waals surface area contributed by atoms with E-state index >= 15 is 0 Å². The van der Waals surface area contributed by atoms with Gasteiger partial charge in [0, 0.05) is 9.65 Å². The number of rotatable bonds is 6. The lowest BCUT2D eigenvalue weighted by atomic mass is 10.1. The van der Waals surface area contributed by atoms with E-state index in [1.54, 1.807) is 18.2 Å². The Kier molecular flexibility index (Phi) is 7.23. The van der Waals surface area contributed by atoms with E-state index < -0.39 is 11.9 Å². The summed E-state index contributed by atoms with van der Waals surface area (Å²) >= 11 is 6.58. The fraction of sp³-hybridized carbons (Fsp3) is 0.429. The van der Waals surface area contributed by atoms with Crippen LogP contribution in [0.15, 0.2) is 24.3 Å². The summed E-state index contributed by atoms with van der Waals surface area (Å²) in [5.41, 5.74) is 0.666. The molecule has 2 atom stereocenters. The highest BCUT2D eigenvalue weighted by Crippen LogP contribution is 2.10. The molecule has 0 amide bonds. The first-order valence-corrected chi connectivity index (χ1v) is 7.95. The maximum absolute atomic E-state index is 11.8. The van der Waals surface area contributed by atoms with Crippen molar-refractivity contribution in [1.82, 2.24) is 0 Å². The van der Waals surface area contributed by atoms with Crippen LogP contribution in [-0.4, -0.2) is 34.8 Å². The van der Waals surface area contributed by atoms with Gasteiger partial charge < -0.3 is 9.47 Å². The summed E-state index contributed by atoms with van der Waals surface area (Å²) < 4.78 is 10.2. The summed E-state index contributed by atoms with van der Waals surface area (Å²) in [5, 5.41) is 0. The lowest BCUT2D eigenvalue weighted by molar-refractivity contribution is 0.0510. The van der Waals surface area contributed by atoms with Crippen molar-refractivity contribution in [3.8, 4) is 0 Å². The topological polar surface area (TPSA) is 52.6 Å². The molecule has 2 unspecified atom stereocenters. The van der Waals surface area contributed by atoms with Crippen LogP contribution in [0.1, 0.15) is 34.6 Å². The molecule has 0 radical (unpaired) electrons. The minimum Gasteiger partial charge on any atom is -0.461 e. The highest BCUT2D eigenvalue weighted by atomic mass is 79.9. The van der Waals surface area contributed by atoms with Crippen LogP contribution >= 0.6 is 31.9 Å². The molecule has 20 heavy (non-hydrogen) atoms. The maximum Gasteiger partial charge on any atom is 0.338 e. The Hall–Kier alpha value is -0.880. The van der Waals surface area contributed by atoms with Crippen molar-refractivity contribution in [2.24, 2.45) is 0 Å². The van der Waals surface area contributed by atoms with Crippen LogP contribution < -0.4 is 0 Å². The molecule has 110 valence electrons. The van der Waals surface area contributed by atoms with E-state index in [1.165, 1.54) is 6.07 Å². The fourth-order valence-electron chi connectivity index (χ4n) is 1.32. The molecule has 0 aliphatic carbocycles. The number of carbonyl (C=O) groups excluding carboxylic acids is 2. The summed E-state index contributed by atoms with van der Waals surface area (Å²) in [5.74, 6) is -0.917. The van der Waals surface area contributed by atoms with Gasteiger partial charge in [0.2, 0.25) is 0 Å². The van der Waals surface area contributed by atoms with Gasteiger partial charge in [0.1, 0.15) is 13.2 Å². The first-order valence-electron chi connectivity index (χ1n) is 6.12. The first kappa shape index (κ1) is 17.2. The average Bonchev–Trinajstić information content (AvgIpc) is 2.42. The first-order chi connectivity index (χ1) is 9.40. The molecular weight excluding hydrogens is 392 g/mol. The molecule has 6 heteroatoms. The second kappa shape index (κ2) is 8.42. The number of benzene rings is 1. The maximum atomic E-state index is 11.8. The molecule has 0 saturated carbocycles. The Morgan fingerprint density at radius 1 is 1.00 bits per heavy atom. The second-order valence-electron chi connectivity index (χ2n) is 4.34. The van der Waals surface area contributed by atoms with Gasteiger partial charge >= 0.3 is 11.9 Å². The summed E-state index contributed by atoms with van der Waals surface area (Å²) in [7, 11) is 0. The molecule has 1 rings (SSSR count). The smallest absolute Gasteiger partial charge is 0.338 e. The van der Waals surface area contributed by atoms with E-state index in [9.17, 15) is 9.59 Å². The number of alkyl halides is 2. The molecule has 0 N–H and O–H groups in total. The third-order valence-corrected chi connectivity index (χ3v) is 2.75. The van der Waals surface area contributed by atoms with E-state index in [1.807, 2.05) is 13.8 Å². The highest BCUT2D eigenvalue weighted by molar-refractivity contribution is 9.09. The third kappa shape index (κ3) is 6.05. The molecule has 1 aromatic rings. The standard InChI is InChI=1S/C14H16Br2O4/c1-9(15)7-19-13(17)11-4-3-5-12(6-11)14(18)20-8-10(2)16/h3-6,9-10H,7-8H2,1-2H3. The average molecular weight is 408 g/mol. The van der Waals surface area contributed by atoms with Gasteiger partial charge in [0.15, 0.2) is 0 Å². The number of ether oxygens (including phenoxy) is 2. The van der Waals surface area contributed by atoms with Crippen LogP contribution in [-0.2, 0) is 9.47 Å². The minimum absolute atomic E-state index is 0.0833. The van der Waals surface area contributed by atoms with E-state index in [2.05, 4.69) is 31.9 Å². The van der Waals surface area contributed by atoms with Crippen molar-refractivity contribution < 1.29 is 19.1 Å². The molecule has 0 heterocycles. The van der Waals surface area contributed by atoms with E-state index in [0.717, 1.165) is 0 Å². The predicted octanol–water partition coefficient (Wildman–Crippen LogP) is 3.57. The predicted molar refractivity (Wildman–Crippen MR) is 83.8 cm³/mol. The van der Waals surface area contributed by atoms with Gasteiger partial charge in [-0.15, -0.1) is 0 Å². The van der Waals surface area contributed by atoms with Crippen molar-refractivity contribution >= 4 is 43.8 Å². The molecule has 4 nitrogen and oxygen atoms in total. The normalized spacial score (nSPS) is 13.4. The molecule has 0 bridgehead atoms. The van der Waals surface area contributed by atoms with Crippen LogP contribution in [0.5, 0.6) is 0 Å². The SMILES string of the molecule is CC(Br)COC(=O)c1cccc(C(=O)OCC(C)Br)c1. The van der Waals surface area contributed by atoms with Crippen LogP contribution in [0.2, 0.25) is 0 Å². The Morgan fingerprint density at radius 3 is 1.75 bits per heavy atom. The van der Waals surface area contributed by atoms with Gasteiger partial charge in [-0.2, -0.15) is 0 Å². The Balaban J connectivity index is 2.70. The second-order valence-corrected chi connectivity index (χ2v) is 7.47. The zero-order valence-corrected chi connectivity index (χ0v) is 14.4. The van der Waals surface area contributed by atoms with E-state index in [4.69, 9.17) is 9.47 Å². The Bertz CT molecular complexity index is 433. The number of hydrogen-bond acceptors (Lipinski definition) is 4. The van der Waals surface area contributed by atoms with Gasteiger partial charge in [-0.25, -0.2) is 9.59 Å².